The van der Waals surface area contributed by atoms with Crippen molar-refractivity contribution in [2.75, 3.05) is 25.1 Å². The molecule has 0 aromatic heterocycles. The number of methoxy groups -OCH3 is 2. The molecule has 0 unspecified atom stereocenters. The maximum absolute atomic E-state index is 14.9. The summed E-state index contributed by atoms with van der Waals surface area (Å²) in [5.41, 5.74) is 2.43. The Morgan fingerprint density at radius 1 is 0.843 bits per heavy atom. The Bertz CT molecular complexity index is 1920. The van der Waals surface area contributed by atoms with E-state index in [4.69, 9.17) is 32.7 Å². The van der Waals surface area contributed by atoms with Gasteiger partial charge in [0, 0.05) is 25.1 Å². The fourth-order valence-electron chi connectivity index (χ4n) is 6.28. The van der Waals surface area contributed by atoms with Gasteiger partial charge in [0.1, 0.15) is 24.1 Å². The molecule has 4 aromatic carbocycles. The largest absolute Gasteiger partial charge is 0.497 e. The quantitative estimate of drug-likeness (QED) is 0.142. The van der Waals surface area contributed by atoms with Gasteiger partial charge in [-0.2, -0.15) is 0 Å². The fraction of sp³-hybridized carbons (Fsp3) is 0.333. The minimum atomic E-state index is -4.36. The first-order chi connectivity index (χ1) is 24.5. The van der Waals surface area contributed by atoms with Crippen molar-refractivity contribution in [3.63, 3.8) is 0 Å². The van der Waals surface area contributed by atoms with Gasteiger partial charge in [-0.15, -0.1) is 0 Å². The van der Waals surface area contributed by atoms with Crippen LogP contribution in [-0.2, 0) is 32.6 Å². The average Bonchev–Trinajstić information content (AvgIpc) is 3.14. The molecule has 12 heteroatoms. The van der Waals surface area contributed by atoms with Crippen molar-refractivity contribution < 1.29 is 27.5 Å². The van der Waals surface area contributed by atoms with E-state index in [0.717, 1.165) is 47.5 Å². The van der Waals surface area contributed by atoms with Gasteiger partial charge in [0.15, 0.2) is 0 Å². The normalized spacial score (nSPS) is 14.0. The Morgan fingerprint density at radius 2 is 1.55 bits per heavy atom. The highest BCUT2D eigenvalue weighted by molar-refractivity contribution is 7.92. The minimum absolute atomic E-state index is 0.0160. The summed E-state index contributed by atoms with van der Waals surface area (Å²) in [4.78, 5) is 30.7. The van der Waals surface area contributed by atoms with Crippen LogP contribution in [0.1, 0.15) is 48.8 Å². The van der Waals surface area contributed by atoms with E-state index in [1.165, 1.54) is 37.3 Å². The number of amides is 2. The van der Waals surface area contributed by atoms with Crippen LogP contribution in [0.25, 0.3) is 0 Å². The summed E-state index contributed by atoms with van der Waals surface area (Å²) in [5.74, 6) is -0.345. The van der Waals surface area contributed by atoms with Crippen LogP contribution in [0.3, 0.4) is 0 Å². The molecule has 9 nitrogen and oxygen atoms in total. The number of halogens is 2. The maximum Gasteiger partial charge on any atom is 0.264 e. The van der Waals surface area contributed by atoms with Gasteiger partial charge in [0.2, 0.25) is 11.8 Å². The van der Waals surface area contributed by atoms with Crippen LogP contribution < -0.4 is 19.1 Å². The Hall–Kier alpha value is -4.25. The number of benzene rings is 4. The molecule has 1 atom stereocenters. The van der Waals surface area contributed by atoms with Gasteiger partial charge >= 0.3 is 0 Å². The highest BCUT2D eigenvalue weighted by Crippen LogP contribution is 2.36. The van der Waals surface area contributed by atoms with Gasteiger partial charge in [0.25, 0.3) is 10.0 Å². The summed E-state index contributed by atoms with van der Waals surface area (Å²) >= 11 is 12.7. The molecule has 2 amide bonds. The second-order valence-electron chi connectivity index (χ2n) is 12.7. The lowest BCUT2D eigenvalue weighted by atomic mass is 9.94. The number of hydrogen-bond acceptors (Lipinski definition) is 6. The molecule has 1 aliphatic rings. The molecule has 0 saturated heterocycles. The second kappa shape index (κ2) is 17.3. The summed E-state index contributed by atoms with van der Waals surface area (Å²) in [6.45, 7) is 1.16. The molecule has 0 heterocycles. The minimum Gasteiger partial charge on any atom is -0.497 e. The average molecular weight is 753 g/mol. The van der Waals surface area contributed by atoms with Gasteiger partial charge in [-0.05, 0) is 67.3 Å². The number of sulfonamides is 1. The van der Waals surface area contributed by atoms with Gasteiger partial charge in [-0.3, -0.25) is 13.9 Å². The molecule has 1 aliphatic carbocycles. The number of aryl methyl sites for hydroxylation is 1. The standard InChI is InChI=1S/C39H43Cl2N3O6S/c1-27-14-18-32(19-15-27)51(47,48)44(35-24-31(49-2)17-21-37(35)50-3)26-38(45)43(25-29-16-20-33(40)34(41)22-29)36(23-28-10-6-4-7-11-28)39(46)42-30-12-8-5-9-13-30/h4,6-7,10-11,14-22,24,30,36H,5,8-9,12-13,23,25-26H2,1-3H3,(H,42,46)/t36-/m0/s1. The van der Waals surface area contributed by atoms with Crippen molar-refractivity contribution in [1.29, 1.82) is 0 Å². The zero-order valence-corrected chi connectivity index (χ0v) is 31.3. The molecular formula is C39H43Cl2N3O6S. The van der Waals surface area contributed by atoms with E-state index >= 15 is 0 Å². The Morgan fingerprint density at radius 3 is 2.20 bits per heavy atom. The monoisotopic (exact) mass is 751 g/mol. The van der Waals surface area contributed by atoms with E-state index in [1.807, 2.05) is 37.3 Å². The molecule has 0 radical (unpaired) electrons. The molecule has 0 bridgehead atoms. The fourth-order valence-corrected chi connectivity index (χ4v) is 8.01. The first kappa shape index (κ1) is 38.0. The van der Waals surface area contributed by atoms with E-state index in [2.05, 4.69) is 5.32 Å². The molecular weight excluding hydrogens is 709 g/mol. The molecule has 1 fully saturated rings. The first-order valence-electron chi connectivity index (χ1n) is 16.9. The van der Waals surface area contributed by atoms with Gasteiger partial charge in [0.05, 0.1) is 34.8 Å². The van der Waals surface area contributed by atoms with E-state index in [-0.39, 0.29) is 46.3 Å². The van der Waals surface area contributed by atoms with Gasteiger partial charge < -0.3 is 19.7 Å². The molecule has 51 heavy (non-hydrogen) atoms. The van der Waals surface area contributed by atoms with Crippen molar-refractivity contribution in [3.8, 4) is 11.5 Å². The molecule has 1 N–H and O–H groups in total. The predicted molar refractivity (Wildman–Crippen MR) is 201 cm³/mol. The highest BCUT2D eigenvalue weighted by atomic mass is 35.5. The predicted octanol–water partition coefficient (Wildman–Crippen LogP) is 7.60. The SMILES string of the molecule is COc1ccc(OC)c(N(CC(=O)N(Cc2ccc(Cl)c(Cl)c2)[C@@H](Cc2ccccc2)C(=O)NC2CCCCC2)S(=O)(=O)c2ccc(C)cc2)c1. The Balaban J connectivity index is 1.62. The number of carbonyl (C=O) groups excluding carboxylic acids is 2. The number of carbonyl (C=O) groups is 2. The summed E-state index contributed by atoms with van der Waals surface area (Å²) in [6, 6.07) is 24.6. The number of hydrogen-bond donors (Lipinski definition) is 1. The van der Waals surface area contributed by atoms with Crippen molar-refractivity contribution in [3.05, 3.63) is 118 Å². The van der Waals surface area contributed by atoms with Crippen molar-refractivity contribution in [2.24, 2.45) is 0 Å². The molecule has 5 rings (SSSR count). The van der Waals surface area contributed by atoms with Crippen LogP contribution in [0, 0.1) is 6.92 Å². The lowest BCUT2D eigenvalue weighted by Gasteiger charge is -2.35. The van der Waals surface area contributed by atoms with E-state index < -0.39 is 28.5 Å². The third kappa shape index (κ3) is 9.55. The van der Waals surface area contributed by atoms with Gasteiger partial charge in [-0.1, -0.05) is 96.6 Å². The van der Waals surface area contributed by atoms with Crippen LogP contribution in [-0.4, -0.2) is 58.0 Å². The lowest BCUT2D eigenvalue weighted by molar-refractivity contribution is -0.140. The van der Waals surface area contributed by atoms with Gasteiger partial charge in [-0.25, -0.2) is 8.42 Å². The number of nitrogens with zero attached hydrogens (tertiary/aromatic N) is 2. The topological polar surface area (TPSA) is 105 Å². The summed E-state index contributed by atoms with van der Waals surface area (Å²) in [5, 5.41) is 3.84. The number of anilines is 1. The van der Waals surface area contributed by atoms with Crippen LogP contribution >= 0.6 is 23.2 Å². The van der Waals surface area contributed by atoms with Crippen molar-refractivity contribution in [2.45, 2.75) is 69.0 Å². The third-order valence-corrected chi connectivity index (χ3v) is 11.6. The zero-order chi connectivity index (χ0) is 36.5. The van der Waals surface area contributed by atoms with Crippen LogP contribution in [0.2, 0.25) is 10.0 Å². The molecule has 0 spiro atoms. The van der Waals surface area contributed by atoms with Crippen LogP contribution in [0.5, 0.6) is 11.5 Å². The summed E-state index contributed by atoms with van der Waals surface area (Å²) in [7, 11) is -1.47. The van der Waals surface area contributed by atoms with Crippen LogP contribution in [0.4, 0.5) is 5.69 Å². The smallest absolute Gasteiger partial charge is 0.264 e. The van der Waals surface area contributed by atoms with Crippen LogP contribution in [0.15, 0.2) is 95.9 Å². The number of rotatable bonds is 14. The summed E-state index contributed by atoms with van der Waals surface area (Å²) in [6.07, 6.45) is 5.02. The zero-order valence-electron chi connectivity index (χ0n) is 29.0. The molecule has 0 aliphatic heterocycles. The Labute approximate surface area is 310 Å². The maximum atomic E-state index is 14.9. The van der Waals surface area contributed by atoms with E-state index in [0.29, 0.717) is 16.3 Å². The second-order valence-corrected chi connectivity index (χ2v) is 15.4. The third-order valence-electron chi connectivity index (χ3n) is 9.10. The van der Waals surface area contributed by atoms with E-state index in [1.54, 1.807) is 42.5 Å². The molecule has 1 saturated carbocycles. The molecule has 270 valence electrons. The lowest BCUT2D eigenvalue weighted by Crippen LogP contribution is -2.55. The first-order valence-corrected chi connectivity index (χ1v) is 19.1. The number of ether oxygens (including phenoxy) is 2. The Kier molecular flexibility index (Phi) is 12.9. The highest BCUT2D eigenvalue weighted by Gasteiger charge is 2.36. The number of nitrogens with one attached hydrogen (secondary N) is 1. The van der Waals surface area contributed by atoms with E-state index in [9.17, 15) is 18.0 Å². The van der Waals surface area contributed by atoms with Crippen molar-refractivity contribution in [1.82, 2.24) is 10.2 Å². The molecule has 4 aromatic rings. The van der Waals surface area contributed by atoms with Crippen molar-refractivity contribution >= 4 is 50.7 Å². The summed E-state index contributed by atoms with van der Waals surface area (Å²) < 4.78 is 41.1.